The van der Waals surface area contributed by atoms with Crippen LogP contribution in [0.3, 0.4) is 0 Å². The highest BCUT2D eigenvalue weighted by Crippen LogP contribution is 2.25. The van der Waals surface area contributed by atoms with Gasteiger partial charge in [0.2, 0.25) is 10.0 Å². The zero-order chi connectivity index (χ0) is 20.7. The second kappa shape index (κ2) is 9.69. The number of nitrogens with one attached hydrogen (secondary N) is 2. The largest absolute Gasteiger partial charge is 0.351 e. The molecule has 0 aliphatic rings. The van der Waals surface area contributed by atoms with Crippen LogP contribution in [0.2, 0.25) is 0 Å². The molecular weight excluding hydrogens is 408 g/mol. The molecule has 5 nitrogen and oxygen atoms in total. The molecule has 29 heavy (non-hydrogen) atoms. The highest BCUT2D eigenvalue weighted by molar-refractivity contribution is 7.89. The van der Waals surface area contributed by atoms with E-state index in [2.05, 4.69) is 10.0 Å². The molecule has 7 heteroatoms. The number of halogens is 1. The van der Waals surface area contributed by atoms with Crippen LogP contribution in [0.15, 0.2) is 89.8 Å². The Morgan fingerprint density at radius 2 is 1.34 bits per heavy atom. The number of rotatable bonds is 8. The number of benzene rings is 3. The lowest BCUT2D eigenvalue weighted by Crippen LogP contribution is -2.32. The standard InChI is InChI=1S/C22H21ClN2O3S/c23-15-16-24-22(26)19-13-7-8-14-20(19)29(27,28)25-21(17-9-3-1-4-10-17)18-11-5-2-6-12-18/h1-14,21,25H,15-16H2,(H,24,26). The van der Waals surface area contributed by atoms with Crippen LogP contribution in [0.25, 0.3) is 0 Å². The second-order valence-electron chi connectivity index (χ2n) is 6.32. The van der Waals surface area contributed by atoms with Gasteiger partial charge in [0.1, 0.15) is 0 Å². The minimum absolute atomic E-state index is 0.0741. The summed E-state index contributed by atoms with van der Waals surface area (Å²) in [5.74, 6) is -0.245. The maximum Gasteiger partial charge on any atom is 0.252 e. The fraction of sp³-hybridized carbons (Fsp3) is 0.136. The van der Waals surface area contributed by atoms with Crippen LogP contribution in [-0.2, 0) is 10.0 Å². The lowest BCUT2D eigenvalue weighted by molar-refractivity contribution is 0.0952. The molecule has 3 aromatic rings. The molecule has 0 unspecified atom stereocenters. The first-order valence-corrected chi connectivity index (χ1v) is 11.1. The van der Waals surface area contributed by atoms with Crippen LogP contribution in [-0.4, -0.2) is 26.7 Å². The first-order chi connectivity index (χ1) is 14.0. The summed E-state index contributed by atoms with van der Waals surface area (Å²) >= 11 is 5.62. The topological polar surface area (TPSA) is 75.3 Å². The highest BCUT2D eigenvalue weighted by Gasteiger charge is 2.26. The van der Waals surface area contributed by atoms with Crippen molar-refractivity contribution in [2.24, 2.45) is 0 Å². The van der Waals surface area contributed by atoms with Crippen molar-refractivity contribution in [2.75, 3.05) is 12.4 Å². The first-order valence-electron chi connectivity index (χ1n) is 9.08. The molecule has 0 aliphatic carbocycles. The number of carbonyl (C=O) groups is 1. The number of sulfonamides is 1. The fourth-order valence-electron chi connectivity index (χ4n) is 2.98. The predicted molar refractivity (Wildman–Crippen MR) is 115 cm³/mol. The second-order valence-corrected chi connectivity index (χ2v) is 8.38. The van der Waals surface area contributed by atoms with Crippen LogP contribution in [0, 0.1) is 0 Å². The summed E-state index contributed by atoms with van der Waals surface area (Å²) in [6.07, 6.45) is 0. The van der Waals surface area contributed by atoms with Gasteiger partial charge in [0.05, 0.1) is 16.5 Å². The quantitative estimate of drug-likeness (QED) is 0.537. The van der Waals surface area contributed by atoms with Gasteiger partial charge in [-0.05, 0) is 23.3 Å². The van der Waals surface area contributed by atoms with Crippen LogP contribution in [0.5, 0.6) is 0 Å². The number of carbonyl (C=O) groups excluding carboxylic acids is 1. The summed E-state index contributed by atoms with van der Waals surface area (Å²) in [7, 11) is -4.00. The molecule has 0 aliphatic heterocycles. The molecule has 0 saturated heterocycles. The maximum absolute atomic E-state index is 13.3. The van der Waals surface area contributed by atoms with Gasteiger partial charge < -0.3 is 5.32 Å². The Morgan fingerprint density at radius 3 is 1.90 bits per heavy atom. The Morgan fingerprint density at radius 1 is 0.828 bits per heavy atom. The van der Waals surface area contributed by atoms with E-state index in [1.165, 1.54) is 12.1 Å². The Balaban J connectivity index is 2.00. The summed E-state index contributed by atoms with van der Waals surface area (Å²) in [4.78, 5) is 12.4. The van der Waals surface area contributed by atoms with E-state index in [1.54, 1.807) is 12.1 Å². The molecule has 0 atom stereocenters. The number of hydrogen-bond donors (Lipinski definition) is 2. The lowest BCUT2D eigenvalue weighted by Gasteiger charge is -2.21. The fourth-order valence-corrected chi connectivity index (χ4v) is 4.49. The van der Waals surface area contributed by atoms with Crippen LogP contribution >= 0.6 is 11.6 Å². The summed E-state index contributed by atoms with van der Waals surface area (Å²) < 4.78 is 29.3. The molecule has 0 saturated carbocycles. The van der Waals surface area contributed by atoms with E-state index in [-0.39, 0.29) is 22.9 Å². The SMILES string of the molecule is O=C(NCCCl)c1ccccc1S(=O)(=O)NC(c1ccccc1)c1ccccc1. The third-order valence-electron chi connectivity index (χ3n) is 4.34. The summed E-state index contributed by atoms with van der Waals surface area (Å²) in [6.45, 7) is 0.249. The van der Waals surface area contributed by atoms with Gasteiger partial charge in [-0.25, -0.2) is 8.42 Å². The van der Waals surface area contributed by atoms with Gasteiger partial charge in [0.25, 0.3) is 5.91 Å². The van der Waals surface area contributed by atoms with Gasteiger partial charge in [0, 0.05) is 12.4 Å². The Labute approximate surface area is 175 Å². The van der Waals surface area contributed by atoms with E-state index in [0.717, 1.165) is 11.1 Å². The average Bonchev–Trinajstić information content (AvgIpc) is 2.77. The van der Waals surface area contributed by atoms with Crippen LogP contribution < -0.4 is 10.0 Å². The molecule has 3 rings (SSSR count). The third kappa shape index (κ3) is 5.23. The van der Waals surface area contributed by atoms with Gasteiger partial charge in [0.15, 0.2) is 0 Å². The number of alkyl halides is 1. The first kappa shape index (κ1) is 21.0. The van der Waals surface area contributed by atoms with E-state index in [9.17, 15) is 13.2 Å². The van der Waals surface area contributed by atoms with Gasteiger partial charge in [-0.3, -0.25) is 4.79 Å². The van der Waals surface area contributed by atoms with Gasteiger partial charge in [-0.2, -0.15) is 4.72 Å². The normalized spacial score (nSPS) is 11.4. The smallest absolute Gasteiger partial charge is 0.252 e. The number of amides is 1. The minimum Gasteiger partial charge on any atom is -0.351 e. The molecule has 2 N–H and O–H groups in total. The molecule has 0 spiro atoms. The molecule has 150 valence electrons. The van der Waals surface area contributed by atoms with E-state index < -0.39 is 22.0 Å². The number of hydrogen-bond acceptors (Lipinski definition) is 3. The van der Waals surface area contributed by atoms with Gasteiger partial charge in [-0.15, -0.1) is 11.6 Å². The average molecular weight is 429 g/mol. The molecule has 1 amide bonds. The van der Waals surface area contributed by atoms with Crippen molar-refractivity contribution in [2.45, 2.75) is 10.9 Å². The lowest BCUT2D eigenvalue weighted by atomic mass is 10.00. The maximum atomic E-state index is 13.3. The molecule has 0 aromatic heterocycles. The molecule has 0 heterocycles. The Kier molecular flexibility index (Phi) is 7.04. The predicted octanol–water partition coefficient (Wildman–Crippen LogP) is 3.72. The van der Waals surface area contributed by atoms with E-state index in [1.807, 2.05) is 60.7 Å². The summed E-state index contributed by atoms with van der Waals surface area (Å²) in [5, 5.41) is 2.61. The summed E-state index contributed by atoms with van der Waals surface area (Å²) in [5.41, 5.74) is 1.67. The van der Waals surface area contributed by atoms with Crippen molar-refractivity contribution in [3.8, 4) is 0 Å². The van der Waals surface area contributed by atoms with Crippen molar-refractivity contribution in [1.29, 1.82) is 0 Å². The molecule has 0 radical (unpaired) electrons. The summed E-state index contributed by atoms with van der Waals surface area (Å²) in [6, 6.07) is 24.1. The molecule has 3 aromatic carbocycles. The monoisotopic (exact) mass is 428 g/mol. The molecule has 0 fully saturated rings. The van der Waals surface area contributed by atoms with Gasteiger partial charge >= 0.3 is 0 Å². The zero-order valence-corrected chi connectivity index (χ0v) is 17.2. The molecular formula is C22H21ClN2O3S. The van der Waals surface area contributed by atoms with Crippen molar-refractivity contribution >= 4 is 27.5 Å². The van der Waals surface area contributed by atoms with Crippen molar-refractivity contribution < 1.29 is 13.2 Å². The Bertz CT molecular complexity index is 1020. The zero-order valence-electron chi connectivity index (χ0n) is 15.6. The van der Waals surface area contributed by atoms with Crippen LogP contribution in [0.4, 0.5) is 0 Å². The van der Waals surface area contributed by atoms with Crippen molar-refractivity contribution in [3.05, 3.63) is 102 Å². The Hall–Kier alpha value is -2.67. The van der Waals surface area contributed by atoms with Gasteiger partial charge in [-0.1, -0.05) is 72.8 Å². The van der Waals surface area contributed by atoms with E-state index >= 15 is 0 Å². The van der Waals surface area contributed by atoms with Crippen molar-refractivity contribution in [1.82, 2.24) is 10.0 Å². The van der Waals surface area contributed by atoms with Crippen LogP contribution in [0.1, 0.15) is 27.5 Å². The van der Waals surface area contributed by atoms with E-state index in [0.29, 0.717) is 0 Å². The molecule has 0 bridgehead atoms. The van der Waals surface area contributed by atoms with Crippen molar-refractivity contribution in [3.63, 3.8) is 0 Å². The minimum atomic E-state index is -4.00. The third-order valence-corrected chi connectivity index (χ3v) is 6.01. The van der Waals surface area contributed by atoms with E-state index in [4.69, 9.17) is 11.6 Å². The highest BCUT2D eigenvalue weighted by atomic mass is 35.5.